The van der Waals surface area contributed by atoms with Gasteiger partial charge in [-0.2, -0.15) is 5.10 Å². The van der Waals surface area contributed by atoms with Crippen molar-refractivity contribution in [2.45, 2.75) is 18.9 Å². The van der Waals surface area contributed by atoms with Gasteiger partial charge in [-0.1, -0.05) is 12.1 Å². The Hall–Kier alpha value is -1.81. The van der Waals surface area contributed by atoms with Crippen molar-refractivity contribution in [2.75, 3.05) is 7.11 Å². The Morgan fingerprint density at radius 2 is 2.17 bits per heavy atom. The SMILES string of the molecule is COc1cccc(CC(N)Cc2ccn(C)n2)c1. The van der Waals surface area contributed by atoms with Gasteiger partial charge in [0.1, 0.15) is 5.75 Å². The molecule has 4 nitrogen and oxygen atoms in total. The van der Waals surface area contributed by atoms with Gasteiger partial charge in [0.2, 0.25) is 0 Å². The van der Waals surface area contributed by atoms with Crippen molar-refractivity contribution in [3.8, 4) is 5.75 Å². The van der Waals surface area contributed by atoms with Crippen LogP contribution in [-0.2, 0) is 19.9 Å². The van der Waals surface area contributed by atoms with Crippen molar-refractivity contribution in [3.05, 3.63) is 47.8 Å². The summed E-state index contributed by atoms with van der Waals surface area (Å²) in [5.41, 5.74) is 8.38. The van der Waals surface area contributed by atoms with Crippen molar-refractivity contribution in [3.63, 3.8) is 0 Å². The quantitative estimate of drug-likeness (QED) is 0.869. The van der Waals surface area contributed by atoms with E-state index in [1.54, 1.807) is 11.8 Å². The summed E-state index contributed by atoms with van der Waals surface area (Å²) in [6.45, 7) is 0. The van der Waals surface area contributed by atoms with Crippen LogP contribution in [0.1, 0.15) is 11.3 Å². The summed E-state index contributed by atoms with van der Waals surface area (Å²) < 4.78 is 7.00. The number of nitrogens with zero attached hydrogens (tertiary/aromatic N) is 2. The molecule has 2 rings (SSSR count). The Morgan fingerprint density at radius 1 is 1.33 bits per heavy atom. The van der Waals surface area contributed by atoms with Gasteiger partial charge in [0, 0.05) is 25.7 Å². The number of benzene rings is 1. The first-order chi connectivity index (χ1) is 8.67. The van der Waals surface area contributed by atoms with E-state index in [-0.39, 0.29) is 6.04 Å². The normalized spacial score (nSPS) is 12.4. The minimum absolute atomic E-state index is 0.0759. The maximum Gasteiger partial charge on any atom is 0.119 e. The lowest BCUT2D eigenvalue weighted by Crippen LogP contribution is -2.25. The van der Waals surface area contributed by atoms with Gasteiger partial charge in [-0.15, -0.1) is 0 Å². The van der Waals surface area contributed by atoms with Crippen LogP contribution in [0.3, 0.4) is 0 Å². The molecule has 4 heteroatoms. The van der Waals surface area contributed by atoms with Crippen LogP contribution >= 0.6 is 0 Å². The van der Waals surface area contributed by atoms with Gasteiger partial charge in [0.15, 0.2) is 0 Å². The Balaban J connectivity index is 1.96. The molecule has 0 saturated heterocycles. The Labute approximate surface area is 107 Å². The van der Waals surface area contributed by atoms with Crippen LogP contribution in [0.2, 0.25) is 0 Å². The topological polar surface area (TPSA) is 53.1 Å². The zero-order valence-electron chi connectivity index (χ0n) is 10.8. The summed E-state index contributed by atoms with van der Waals surface area (Å²) in [6.07, 6.45) is 3.55. The van der Waals surface area contributed by atoms with Crippen molar-refractivity contribution in [1.29, 1.82) is 0 Å². The number of hydrogen-bond acceptors (Lipinski definition) is 3. The second-order valence-electron chi connectivity index (χ2n) is 4.50. The molecule has 0 aliphatic rings. The fourth-order valence-corrected chi connectivity index (χ4v) is 2.02. The summed E-state index contributed by atoms with van der Waals surface area (Å²) in [6, 6.07) is 10.1. The predicted molar refractivity (Wildman–Crippen MR) is 71.6 cm³/mol. The maximum absolute atomic E-state index is 6.15. The van der Waals surface area contributed by atoms with E-state index in [1.807, 2.05) is 37.5 Å². The monoisotopic (exact) mass is 245 g/mol. The van der Waals surface area contributed by atoms with Crippen molar-refractivity contribution in [2.24, 2.45) is 12.8 Å². The molecule has 1 heterocycles. The molecule has 0 spiro atoms. The molecule has 0 saturated carbocycles. The van der Waals surface area contributed by atoms with E-state index in [9.17, 15) is 0 Å². The van der Waals surface area contributed by atoms with Crippen molar-refractivity contribution in [1.82, 2.24) is 9.78 Å². The van der Waals surface area contributed by atoms with Gasteiger partial charge in [-0.3, -0.25) is 4.68 Å². The second-order valence-corrected chi connectivity index (χ2v) is 4.50. The Morgan fingerprint density at radius 3 is 2.83 bits per heavy atom. The minimum Gasteiger partial charge on any atom is -0.497 e. The summed E-state index contributed by atoms with van der Waals surface area (Å²) in [5, 5.41) is 4.34. The van der Waals surface area contributed by atoms with E-state index in [2.05, 4.69) is 11.2 Å². The number of aromatic nitrogens is 2. The number of nitrogens with two attached hydrogens (primary N) is 1. The van der Waals surface area contributed by atoms with Gasteiger partial charge >= 0.3 is 0 Å². The van der Waals surface area contributed by atoms with E-state index in [0.29, 0.717) is 0 Å². The summed E-state index contributed by atoms with van der Waals surface area (Å²) >= 11 is 0. The zero-order valence-corrected chi connectivity index (χ0v) is 10.8. The molecule has 2 N–H and O–H groups in total. The molecule has 96 valence electrons. The number of hydrogen-bond donors (Lipinski definition) is 1. The first kappa shape index (κ1) is 12.6. The molecule has 0 amide bonds. The number of aryl methyl sites for hydroxylation is 1. The summed E-state index contributed by atoms with van der Waals surface area (Å²) in [5.74, 6) is 0.873. The molecule has 0 aliphatic heterocycles. The molecule has 1 aromatic heterocycles. The fourth-order valence-electron chi connectivity index (χ4n) is 2.02. The lowest BCUT2D eigenvalue weighted by atomic mass is 10.0. The predicted octanol–water partition coefficient (Wildman–Crippen LogP) is 1.54. The molecule has 0 bridgehead atoms. The maximum atomic E-state index is 6.15. The lowest BCUT2D eigenvalue weighted by molar-refractivity contribution is 0.414. The van der Waals surface area contributed by atoms with Crippen LogP contribution in [0, 0.1) is 0 Å². The number of rotatable bonds is 5. The number of ether oxygens (including phenoxy) is 1. The van der Waals surface area contributed by atoms with E-state index < -0.39 is 0 Å². The fraction of sp³-hybridized carbons (Fsp3) is 0.357. The van der Waals surface area contributed by atoms with Crippen LogP contribution in [0.15, 0.2) is 36.5 Å². The van der Waals surface area contributed by atoms with E-state index in [0.717, 1.165) is 24.3 Å². The minimum atomic E-state index is 0.0759. The average molecular weight is 245 g/mol. The van der Waals surface area contributed by atoms with Gasteiger partial charge in [-0.05, 0) is 30.2 Å². The molecule has 0 fully saturated rings. The summed E-state index contributed by atoms with van der Waals surface area (Å²) in [7, 11) is 3.59. The molecular weight excluding hydrogens is 226 g/mol. The van der Waals surface area contributed by atoms with Crippen LogP contribution in [0.25, 0.3) is 0 Å². The molecule has 18 heavy (non-hydrogen) atoms. The smallest absolute Gasteiger partial charge is 0.119 e. The Kier molecular flexibility index (Phi) is 3.99. The molecule has 1 aromatic carbocycles. The van der Waals surface area contributed by atoms with Crippen LogP contribution in [0.4, 0.5) is 0 Å². The molecule has 0 aliphatic carbocycles. The average Bonchev–Trinajstić information content (AvgIpc) is 2.74. The van der Waals surface area contributed by atoms with Gasteiger partial charge in [-0.25, -0.2) is 0 Å². The highest BCUT2D eigenvalue weighted by Crippen LogP contribution is 2.14. The first-order valence-electron chi connectivity index (χ1n) is 6.04. The van der Waals surface area contributed by atoms with Crippen molar-refractivity contribution >= 4 is 0 Å². The Bertz CT molecular complexity index is 507. The van der Waals surface area contributed by atoms with Crippen LogP contribution in [0.5, 0.6) is 5.75 Å². The molecule has 2 aromatic rings. The highest BCUT2D eigenvalue weighted by Gasteiger charge is 2.08. The van der Waals surface area contributed by atoms with Gasteiger partial charge in [0.25, 0.3) is 0 Å². The highest BCUT2D eigenvalue weighted by atomic mass is 16.5. The second kappa shape index (κ2) is 5.69. The van der Waals surface area contributed by atoms with Gasteiger partial charge in [0.05, 0.1) is 12.8 Å². The lowest BCUT2D eigenvalue weighted by Gasteiger charge is -2.11. The van der Waals surface area contributed by atoms with Gasteiger partial charge < -0.3 is 10.5 Å². The summed E-state index contributed by atoms with van der Waals surface area (Å²) in [4.78, 5) is 0. The highest BCUT2D eigenvalue weighted by molar-refractivity contribution is 5.29. The third-order valence-electron chi connectivity index (χ3n) is 2.87. The standard InChI is InChI=1S/C14H19N3O/c1-17-7-6-13(16-17)10-12(15)8-11-4-3-5-14(9-11)18-2/h3-7,9,12H,8,10,15H2,1-2H3. The van der Waals surface area contributed by atoms with Crippen molar-refractivity contribution < 1.29 is 4.74 Å². The molecule has 1 atom stereocenters. The first-order valence-corrected chi connectivity index (χ1v) is 6.04. The van der Waals surface area contributed by atoms with E-state index in [4.69, 9.17) is 10.5 Å². The van der Waals surface area contributed by atoms with Crippen LogP contribution in [-0.4, -0.2) is 22.9 Å². The van der Waals surface area contributed by atoms with E-state index >= 15 is 0 Å². The molecule has 1 unspecified atom stereocenters. The van der Waals surface area contributed by atoms with Crippen LogP contribution < -0.4 is 10.5 Å². The largest absolute Gasteiger partial charge is 0.497 e. The molecule has 0 radical (unpaired) electrons. The number of methoxy groups -OCH3 is 1. The zero-order chi connectivity index (χ0) is 13.0. The third kappa shape index (κ3) is 3.34. The van der Waals surface area contributed by atoms with E-state index in [1.165, 1.54) is 5.56 Å². The third-order valence-corrected chi connectivity index (χ3v) is 2.87. The molecular formula is C14H19N3O.